The molecule has 0 aliphatic carbocycles. The maximum atomic E-state index is 12.2. The molecule has 1 amide bonds. The molecule has 3 heterocycles. The van der Waals surface area contributed by atoms with Crippen molar-refractivity contribution in [2.45, 2.75) is 6.18 Å². The van der Waals surface area contributed by atoms with Crippen LogP contribution in [-0.2, 0) is 4.79 Å². The summed E-state index contributed by atoms with van der Waals surface area (Å²) < 4.78 is 33.8. The van der Waals surface area contributed by atoms with Crippen LogP contribution in [0.15, 0.2) is 73.3 Å². The number of anilines is 2. The molecule has 3 aromatic heterocycles. The highest BCUT2D eigenvalue weighted by Gasteiger charge is 2.38. The number of fused-ring (bicyclic) bond motifs is 1. The van der Waals surface area contributed by atoms with Crippen molar-refractivity contribution < 1.29 is 27.9 Å². The number of nitrogens with one attached hydrogen (secondary N) is 1. The second-order valence-corrected chi connectivity index (χ2v) is 6.40. The fraction of sp³-hybridized carbons (Fsp3) is 0.0476. The summed E-state index contributed by atoms with van der Waals surface area (Å²) in [7, 11) is 0. The van der Waals surface area contributed by atoms with Crippen LogP contribution < -0.4 is 11.1 Å². The Hall–Kier alpha value is -4.41. The van der Waals surface area contributed by atoms with Gasteiger partial charge in [0.15, 0.2) is 0 Å². The van der Waals surface area contributed by atoms with Crippen molar-refractivity contribution in [2.24, 2.45) is 0 Å². The number of pyridine rings is 2. The summed E-state index contributed by atoms with van der Waals surface area (Å²) in [6.45, 7) is 0. The zero-order valence-electron chi connectivity index (χ0n) is 16.2. The molecule has 0 unspecified atom stereocenters. The fourth-order valence-corrected chi connectivity index (χ4v) is 2.67. The predicted octanol–water partition coefficient (Wildman–Crippen LogP) is 3.89. The van der Waals surface area contributed by atoms with Gasteiger partial charge in [-0.3, -0.25) is 9.78 Å². The molecule has 0 saturated heterocycles. The van der Waals surface area contributed by atoms with Crippen molar-refractivity contribution in [3.05, 3.63) is 78.9 Å². The first-order chi connectivity index (χ1) is 15.1. The molecule has 11 heteroatoms. The van der Waals surface area contributed by atoms with E-state index in [-0.39, 0.29) is 5.91 Å². The average Bonchev–Trinajstić information content (AvgIpc) is 3.17. The molecule has 0 saturated carbocycles. The number of nitrogens with zero attached hydrogens (tertiary/aromatic N) is 3. The molecule has 0 atom stereocenters. The Balaban J connectivity index is 0.000000360. The van der Waals surface area contributed by atoms with E-state index < -0.39 is 12.1 Å². The summed E-state index contributed by atoms with van der Waals surface area (Å²) in [6.07, 6.45) is 1.81. The first-order valence-corrected chi connectivity index (χ1v) is 8.99. The number of alkyl halides is 3. The summed E-state index contributed by atoms with van der Waals surface area (Å²) in [5, 5.41) is 11.0. The van der Waals surface area contributed by atoms with Crippen LogP contribution in [-0.4, -0.2) is 37.7 Å². The summed E-state index contributed by atoms with van der Waals surface area (Å²) in [4.78, 5) is 29.1. The average molecular weight is 443 g/mol. The number of carbonyl (C=O) groups is 2. The number of carbonyl (C=O) groups excluding carboxylic acids is 1. The second kappa shape index (κ2) is 9.16. The minimum atomic E-state index is -5.08. The van der Waals surface area contributed by atoms with Gasteiger partial charge >= 0.3 is 12.1 Å². The van der Waals surface area contributed by atoms with E-state index in [1.807, 2.05) is 47.2 Å². The lowest BCUT2D eigenvalue weighted by Gasteiger charge is -2.09. The fourth-order valence-electron chi connectivity index (χ4n) is 2.67. The molecule has 0 spiro atoms. The molecular formula is C21H16F3N5O3. The number of nitrogen functional groups attached to an aromatic ring is 1. The van der Waals surface area contributed by atoms with Crippen molar-refractivity contribution in [3.8, 4) is 5.69 Å². The van der Waals surface area contributed by atoms with Crippen LogP contribution in [0, 0.1) is 0 Å². The third-order valence-corrected chi connectivity index (χ3v) is 4.17. The Morgan fingerprint density at radius 2 is 1.75 bits per heavy atom. The lowest BCUT2D eigenvalue weighted by Crippen LogP contribution is -2.21. The molecule has 1 aromatic carbocycles. The number of hydrogen-bond acceptors (Lipinski definition) is 5. The number of carboxylic acids is 1. The van der Waals surface area contributed by atoms with E-state index in [0.29, 0.717) is 11.4 Å². The van der Waals surface area contributed by atoms with E-state index in [2.05, 4.69) is 15.3 Å². The smallest absolute Gasteiger partial charge is 0.475 e. The number of halogens is 3. The van der Waals surface area contributed by atoms with Gasteiger partial charge in [-0.05, 0) is 42.5 Å². The van der Waals surface area contributed by atoms with E-state index in [9.17, 15) is 18.0 Å². The largest absolute Gasteiger partial charge is 0.490 e. The summed E-state index contributed by atoms with van der Waals surface area (Å²) in [5.41, 5.74) is 8.98. The van der Waals surface area contributed by atoms with Gasteiger partial charge in [-0.2, -0.15) is 13.2 Å². The maximum Gasteiger partial charge on any atom is 0.490 e. The molecule has 0 bridgehead atoms. The molecule has 8 nitrogen and oxygen atoms in total. The third kappa shape index (κ3) is 5.39. The van der Waals surface area contributed by atoms with Crippen LogP contribution in [0.5, 0.6) is 0 Å². The van der Waals surface area contributed by atoms with Crippen LogP contribution in [0.25, 0.3) is 16.6 Å². The normalized spacial score (nSPS) is 10.8. The van der Waals surface area contributed by atoms with Crippen molar-refractivity contribution in [2.75, 3.05) is 11.1 Å². The predicted molar refractivity (Wildman–Crippen MR) is 111 cm³/mol. The van der Waals surface area contributed by atoms with Gasteiger partial charge < -0.3 is 20.7 Å². The number of amides is 1. The zero-order valence-corrected chi connectivity index (χ0v) is 16.2. The molecule has 4 aromatic rings. The quantitative estimate of drug-likeness (QED) is 0.442. The Morgan fingerprint density at radius 3 is 2.34 bits per heavy atom. The highest BCUT2D eigenvalue weighted by molar-refractivity contribution is 6.04. The first kappa shape index (κ1) is 22.3. The molecule has 4 rings (SSSR count). The molecule has 164 valence electrons. The van der Waals surface area contributed by atoms with Crippen molar-refractivity contribution in [1.29, 1.82) is 0 Å². The van der Waals surface area contributed by atoms with Crippen LogP contribution in [0.2, 0.25) is 0 Å². The van der Waals surface area contributed by atoms with Crippen molar-refractivity contribution >= 4 is 34.3 Å². The van der Waals surface area contributed by atoms with Gasteiger partial charge in [-0.1, -0.05) is 0 Å². The van der Waals surface area contributed by atoms with Gasteiger partial charge in [0.05, 0.1) is 11.1 Å². The Labute approximate surface area is 179 Å². The molecule has 0 aliphatic heterocycles. The van der Waals surface area contributed by atoms with Crippen LogP contribution in [0.3, 0.4) is 0 Å². The molecule has 0 aliphatic rings. The molecule has 4 N–H and O–H groups in total. The highest BCUT2D eigenvalue weighted by Crippen LogP contribution is 2.22. The van der Waals surface area contributed by atoms with Crippen LogP contribution >= 0.6 is 0 Å². The monoisotopic (exact) mass is 443 g/mol. The molecular weight excluding hydrogens is 427 g/mol. The third-order valence-electron chi connectivity index (χ3n) is 4.17. The summed E-state index contributed by atoms with van der Waals surface area (Å²) in [5.74, 6) is -2.47. The number of benzene rings is 1. The Morgan fingerprint density at radius 1 is 1.06 bits per heavy atom. The summed E-state index contributed by atoms with van der Waals surface area (Å²) >= 11 is 0. The van der Waals surface area contributed by atoms with E-state index in [1.54, 1.807) is 24.5 Å². The number of hydrogen-bond donors (Lipinski definition) is 3. The highest BCUT2D eigenvalue weighted by atomic mass is 19.4. The number of aromatic nitrogens is 3. The first-order valence-electron chi connectivity index (χ1n) is 8.99. The van der Waals surface area contributed by atoms with E-state index >= 15 is 0 Å². The number of nitrogens with two attached hydrogens (primary N) is 1. The van der Waals surface area contributed by atoms with Crippen molar-refractivity contribution in [1.82, 2.24) is 14.5 Å². The number of aliphatic carboxylic acids is 1. The number of rotatable bonds is 3. The van der Waals surface area contributed by atoms with Crippen LogP contribution in [0.1, 0.15) is 10.4 Å². The van der Waals surface area contributed by atoms with Gasteiger partial charge in [-0.25, -0.2) is 9.78 Å². The SMILES string of the molecule is Nc1cc2c(ccn2-c2ccc(NC(=O)c3cccnc3)cc2)cn1.O=C(O)C(F)(F)F. The molecule has 0 radical (unpaired) electrons. The van der Waals surface area contributed by atoms with E-state index in [4.69, 9.17) is 15.6 Å². The molecule has 0 fully saturated rings. The lowest BCUT2D eigenvalue weighted by atomic mass is 10.2. The van der Waals surface area contributed by atoms with Crippen molar-refractivity contribution in [3.63, 3.8) is 0 Å². The minimum Gasteiger partial charge on any atom is -0.475 e. The number of carboxylic acid groups (broad SMARTS) is 1. The minimum absolute atomic E-state index is 0.189. The van der Waals surface area contributed by atoms with Gasteiger partial charge in [0.1, 0.15) is 5.82 Å². The van der Waals surface area contributed by atoms with E-state index in [1.165, 1.54) is 6.20 Å². The standard InChI is InChI=1S/C19H15N5O.C2HF3O2/c20-18-10-17-13(12-22-18)7-9-24(17)16-5-3-15(4-6-16)23-19(25)14-2-1-8-21-11-14;3-2(4,5)1(6)7/h1-12H,(H2,20,22)(H,23,25);(H,6,7). The lowest BCUT2D eigenvalue weighted by molar-refractivity contribution is -0.192. The molecule has 32 heavy (non-hydrogen) atoms. The van der Waals surface area contributed by atoms with Gasteiger partial charge in [-0.15, -0.1) is 0 Å². The van der Waals surface area contributed by atoms with Gasteiger partial charge in [0, 0.05) is 47.6 Å². The Kier molecular flexibility index (Phi) is 6.38. The Bertz CT molecular complexity index is 1240. The zero-order chi connectivity index (χ0) is 23.3. The van der Waals surface area contributed by atoms with Gasteiger partial charge in [0.2, 0.25) is 0 Å². The van der Waals surface area contributed by atoms with E-state index in [0.717, 1.165) is 22.3 Å². The summed E-state index contributed by atoms with van der Waals surface area (Å²) in [6, 6.07) is 14.9. The second-order valence-electron chi connectivity index (χ2n) is 6.40. The van der Waals surface area contributed by atoms with Gasteiger partial charge in [0.25, 0.3) is 5.91 Å². The topological polar surface area (TPSA) is 123 Å². The van der Waals surface area contributed by atoms with Crippen LogP contribution in [0.4, 0.5) is 24.7 Å². The maximum absolute atomic E-state index is 12.2.